The molecule has 3 aromatic rings. The molecule has 0 aliphatic heterocycles. The van der Waals surface area contributed by atoms with Crippen molar-refractivity contribution in [2.75, 3.05) is 20.2 Å². The standard InChI is InChI=1S/C20H27N7OS.HI/c1-5-21-20(22-11-10-18-24-13(2)14(3)29-18)23-12-17-25-19(27-26-17)15-6-8-16(28-4)9-7-15;/h6-9H,5,10-12H2,1-4H3,(H2,21,22,23)(H,25,26,27);1H. The largest absolute Gasteiger partial charge is 0.497 e. The number of thiazole rings is 1. The molecule has 3 N–H and O–H groups in total. The highest BCUT2D eigenvalue weighted by molar-refractivity contribution is 14.0. The predicted molar refractivity (Wildman–Crippen MR) is 132 cm³/mol. The van der Waals surface area contributed by atoms with Crippen LogP contribution >= 0.6 is 35.3 Å². The highest BCUT2D eigenvalue weighted by Crippen LogP contribution is 2.19. The lowest BCUT2D eigenvalue weighted by atomic mass is 10.2. The number of halogens is 1. The van der Waals surface area contributed by atoms with Gasteiger partial charge >= 0.3 is 0 Å². The summed E-state index contributed by atoms with van der Waals surface area (Å²) in [6.45, 7) is 8.16. The molecular formula is C20H28IN7OS. The normalized spacial score (nSPS) is 11.1. The summed E-state index contributed by atoms with van der Waals surface area (Å²) in [5.41, 5.74) is 2.04. The number of hydrogen-bond donors (Lipinski definition) is 3. The van der Waals surface area contributed by atoms with Crippen molar-refractivity contribution in [3.8, 4) is 17.1 Å². The molecule has 0 saturated carbocycles. The number of rotatable bonds is 8. The fourth-order valence-electron chi connectivity index (χ4n) is 2.66. The number of aryl methyl sites for hydroxylation is 2. The molecule has 3 rings (SSSR count). The lowest BCUT2D eigenvalue weighted by Gasteiger charge is -2.10. The van der Waals surface area contributed by atoms with E-state index < -0.39 is 0 Å². The number of ether oxygens (including phenoxy) is 1. The quantitative estimate of drug-likeness (QED) is 0.230. The number of methoxy groups -OCH3 is 1. The summed E-state index contributed by atoms with van der Waals surface area (Å²) in [7, 11) is 1.65. The van der Waals surface area contributed by atoms with Gasteiger partial charge in [-0.1, -0.05) is 0 Å². The van der Waals surface area contributed by atoms with E-state index in [0.29, 0.717) is 18.2 Å². The minimum Gasteiger partial charge on any atom is -0.497 e. The summed E-state index contributed by atoms with van der Waals surface area (Å²) in [6, 6.07) is 7.65. The molecule has 10 heteroatoms. The summed E-state index contributed by atoms with van der Waals surface area (Å²) in [6.07, 6.45) is 0.869. The number of guanidine groups is 1. The Bertz CT molecular complexity index is 933. The van der Waals surface area contributed by atoms with Crippen LogP contribution in [0.1, 0.15) is 28.3 Å². The number of aliphatic imine (C=N–C) groups is 1. The fraction of sp³-hybridized carbons (Fsp3) is 0.400. The molecule has 2 heterocycles. The van der Waals surface area contributed by atoms with E-state index in [9.17, 15) is 0 Å². The molecule has 0 fully saturated rings. The molecule has 30 heavy (non-hydrogen) atoms. The maximum atomic E-state index is 5.18. The lowest BCUT2D eigenvalue weighted by Crippen LogP contribution is -2.38. The van der Waals surface area contributed by atoms with Gasteiger partial charge < -0.3 is 15.4 Å². The molecule has 1 aromatic carbocycles. The van der Waals surface area contributed by atoms with Gasteiger partial charge in [0.15, 0.2) is 11.8 Å². The summed E-state index contributed by atoms with van der Waals surface area (Å²) >= 11 is 1.75. The first-order valence-electron chi connectivity index (χ1n) is 9.59. The van der Waals surface area contributed by atoms with Crippen LogP contribution in [-0.2, 0) is 13.0 Å². The molecular weight excluding hydrogens is 513 g/mol. The summed E-state index contributed by atoms with van der Waals surface area (Å²) in [5.74, 6) is 2.91. The molecule has 0 aliphatic carbocycles. The molecule has 0 bridgehead atoms. The van der Waals surface area contributed by atoms with Crippen LogP contribution in [0.5, 0.6) is 5.75 Å². The molecule has 0 unspecified atom stereocenters. The van der Waals surface area contributed by atoms with Gasteiger partial charge in [-0.05, 0) is 45.0 Å². The van der Waals surface area contributed by atoms with E-state index >= 15 is 0 Å². The van der Waals surface area contributed by atoms with Gasteiger partial charge in [-0.2, -0.15) is 5.10 Å². The Kier molecular flexibility index (Phi) is 9.50. The molecule has 162 valence electrons. The van der Waals surface area contributed by atoms with E-state index in [1.807, 2.05) is 38.1 Å². The number of aromatic nitrogens is 4. The minimum absolute atomic E-state index is 0. The van der Waals surface area contributed by atoms with E-state index in [4.69, 9.17) is 4.74 Å². The van der Waals surface area contributed by atoms with E-state index in [2.05, 4.69) is 42.7 Å². The average Bonchev–Trinajstić information content (AvgIpc) is 3.33. The van der Waals surface area contributed by atoms with Gasteiger partial charge in [0, 0.05) is 30.0 Å². The summed E-state index contributed by atoms with van der Waals surface area (Å²) in [4.78, 5) is 15.0. The van der Waals surface area contributed by atoms with E-state index in [1.54, 1.807) is 18.4 Å². The van der Waals surface area contributed by atoms with Crippen molar-refractivity contribution in [2.24, 2.45) is 4.99 Å². The molecule has 0 aliphatic rings. The van der Waals surface area contributed by atoms with Gasteiger partial charge in [0.1, 0.15) is 18.1 Å². The van der Waals surface area contributed by atoms with Gasteiger partial charge in [0.25, 0.3) is 0 Å². The molecule has 8 nitrogen and oxygen atoms in total. The van der Waals surface area contributed by atoms with Crippen molar-refractivity contribution in [1.82, 2.24) is 30.8 Å². The molecule has 0 amide bonds. The Balaban J connectivity index is 0.00000320. The Morgan fingerprint density at radius 2 is 1.93 bits per heavy atom. The number of nitrogens with zero attached hydrogens (tertiary/aromatic N) is 4. The van der Waals surface area contributed by atoms with Gasteiger partial charge in [-0.3, -0.25) is 5.10 Å². The molecule has 0 radical (unpaired) electrons. The van der Waals surface area contributed by atoms with Crippen LogP contribution in [0, 0.1) is 13.8 Å². The Morgan fingerprint density at radius 3 is 2.57 bits per heavy atom. The number of nitrogens with one attached hydrogen (secondary N) is 3. The van der Waals surface area contributed by atoms with Crippen molar-refractivity contribution in [3.63, 3.8) is 0 Å². The van der Waals surface area contributed by atoms with E-state index in [0.717, 1.165) is 47.5 Å². The third-order valence-electron chi connectivity index (χ3n) is 4.32. The van der Waals surface area contributed by atoms with Crippen molar-refractivity contribution in [2.45, 2.75) is 33.7 Å². The van der Waals surface area contributed by atoms with Gasteiger partial charge in [-0.25, -0.2) is 15.0 Å². The van der Waals surface area contributed by atoms with E-state index in [1.165, 1.54) is 4.88 Å². The van der Waals surface area contributed by atoms with Gasteiger partial charge in [0.05, 0.1) is 17.8 Å². The van der Waals surface area contributed by atoms with Crippen LogP contribution in [0.15, 0.2) is 29.3 Å². The van der Waals surface area contributed by atoms with Crippen LogP contribution < -0.4 is 15.4 Å². The number of aromatic amines is 1. The molecule has 0 saturated heterocycles. The zero-order valence-corrected chi connectivity index (χ0v) is 20.8. The molecule has 2 aromatic heterocycles. The minimum atomic E-state index is 0. The van der Waals surface area contributed by atoms with Gasteiger partial charge in [0.2, 0.25) is 0 Å². The first kappa shape index (κ1) is 24.1. The second-order valence-electron chi connectivity index (χ2n) is 6.46. The average molecular weight is 541 g/mol. The molecule has 0 atom stereocenters. The zero-order valence-electron chi connectivity index (χ0n) is 17.7. The predicted octanol–water partition coefficient (Wildman–Crippen LogP) is 3.47. The topological polar surface area (TPSA) is 100 Å². The van der Waals surface area contributed by atoms with Crippen LogP contribution in [0.4, 0.5) is 0 Å². The number of hydrogen-bond acceptors (Lipinski definition) is 6. The van der Waals surface area contributed by atoms with Crippen molar-refractivity contribution in [3.05, 3.63) is 45.7 Å². The third kappa shape index (κ3) is 6.66. The maximum Gasteiger partial charge on any atom is 0.191 e. The van der Waals surface area contributed by atoms with E-state index in [-0.39, 0.29) is 24.0 Å². The summed E-state index contributed by atoms with van der Waals surface area (Å²) < 4.78 is 5.18. The highest BCUT2D eigenvalue weighted by Gasteiger charge is 2.07. The Morgan fingerprint density at radius 1 is 1.17 bits per heavy atom. The van der Waals surface area contributed by atoms with Crippen LogP contribution in [-0.4, -0.2) is 46.3 Å². The lowest BCUT2D eigenvalue weighted by molar-refractivity contribution is 0.415. The van der Waals surface area contributed by atoms with Crippen molar-refractivity contribution < 1.29 is 4.74 Å². The Labute approximate surface area is 198 Å². The van der Waals surface area contributed by atoms with Crippen LogP contribution in [0.2, 0.25) is 0 Å². The number of benzene rings is 1. The smallest absolute Gasteiger partial charge is 0.191 e. The summed E-state index contributed by atoms with van der Waals surface area (Å²) in [5, 5.41) is 15.0. The van der Waals surface area contributed by atoms with Crippen molar-refractivity contribution >= 4 is 41.3 Å². The van der Waals surface area contributed by atoms with Crippen LogP contribution in [0.25, 0.3) is 11.4 Å². The zero-order chi connectivity index (χ0) is 20.6. The van der Waals surface area contributed by atoms with Crippen molar-refractivity contribution in [1.29, 1.82) is 0 Å². The Hall–Kier alpha value is -2.21. The fourth-order valence-corrected chi connectivity index (χ4v) is 3.60. The third-order valence-corrected chi connectivity index (χ3v) is 5.45. The van der Waals surface area contributed by atoms with Crippen LogP contribution in [0.3, 0.4) is 0 Å². The monoisotopic (exact) mass is 541 g/mol. The molecule has 0 spiro atoms. The second kappa shape index (κ2) is 11.8. The first-order chi connectivity index (χ1) is 14.1. The SMILES string of the molecule is CCNC(=NCc1nc(-c2ccc(OC)cc2)n[nH]1)NCCc1nc(C)c(C)s1.I. The second-order valence-corrected chi connectivity index (χ2v) is 7.74. The number of H-pyrrole nitrogens is 1. The maximum absolute atomic E-state index is 5.18. The highest BCUT2D eigenvalue weighted by atomic mass is 127. The first-order valence-corrected chi connectivity index (χ1v) is 10.4. The van der Waals surface area contributed by atoms with Gasteiger partial charge in [-0.15, -0.1) is 35.3 Å².